The molecule has 0 spiro atoms. The van der Waals surface area contributed by atoms with Gasteiger partial charge in [-0.15, -0.1) is 0 Å². The van der Waals surface area contributed by atoms with Crippen molar-refractivity contribution in [3.8, 4) is 0 Å². The van der Waals surface area contributed by atoms with E-state index in [0.29, 0.717) is 10.2 Å². The summed E-state index contributed by atoms with van der Waals surface area (Å²) in [6.45, 7) is 4.56. The van der Waals surface area contributed by atoms with E-state index in [1.165, 1.54) is 0 Å². The van der Waals surface area contributed by atoms with Crippen LogP contribution in [0.4, 0.5) is 0 Å². The number of piperazine rings is 1. The third-order valence-corrected chi connectivity index (χ3v) is 0.957. The molecule has 1 heterocycles. The molecule has 0 aliphatic carbocycles. The van der Waals surface area contributed by atoms with Crippen LogP contribution in [0.2, 0.25) is 0 Å². The molecule has 9 heavy (non-hydrogen) atoms. The summed E-state index contributed by atoms with van der Waals surface area (Å²) in [6.07, 6.45) is 0. The van der Waals surface area contributed by atoms with Crippen LogP contribution >= 0.6 is 31.6 Å². The van der Waals surface area contributed by atoms with Gasteiger partial charge in [0.05, 0.1) is 10.2 Å². The van der Waals surface area contributed by atoms with E-state index in [-0.39, 0.29) is 0 Å². The van der Waals surface area contributed by atoms with E-state index in [0.717, 1.165) is 26.2 Å². The number of halogens is 2. The molecule has 0 atom stereocenters. The molecule has 0 aromatic heterocycles. The van der Waals surface area contributed by atoms with Gasteiger partial charge in [0.25, 0.3) is 0 Å². The first-order chi connectivity index (χ1) is 4.41. The lowest BCUT2D eigenvalue weighted by molar-refractivity contribution is 0.534. The summed E-state index contributed by atoms with van der Waals surface area (Å²) in [5, 5.41) is 6.44. The molecule has 2 nitrogen and oxygen atoms in total. The molecular formula is C4H10Cl2N2S. The quantitative estimate of drug-likeness (QED) is 0.598. The smallest absolute Gasteiger partial charge is 0.0523 e. The second-order valence-electron chi connectivity index (χ2n) is 1.56. The molecule has 56 valence electrons. The van der Waals surface area contributed by atoms with Gasteiger partial charge in [-0.05, 0) is 21.4 Å². The summed E-state index contributed by atoms with van der Waals surface area (Å²) in [4.78, 5) is 0. The lowest BCUT2D eigenvalue weighted by atomic mass is 10.4. The highest BCUT2D eigenvalue weighted by atomic mass is 36.0. The molecule has 0 amide bonds. The zero-order valence-electron chi connectivity index (χ0n) is 4.99. The zero-order chi connectivity index (χ0) is 6.95. The first-order valence-corrected chi connectivity index (χ1v) is 5.19. The standard InChI is InChI=1S/C4H10N2.Cl2S/c1-2-6-4-3-5-1;1-3-2/h5-6H,1-4H2;. The van der Waals surface area contributed by atoms with E-state index in [2.05, 4.69) is 32.0 Å². The molecule has 5 heteroatoms. The van der Waals surface area contributed by atoms with Crippen LogP contribution in [0.25, 0.3) is 0 Å². The summed E-state index contributed by atoms with van der Waals surface area (Å²) in [5.74, 6) is 0. The zero-order valence-corrected chi connectivity index (χ0v) is 7.32. The van der Waals surface area contributed by atoms with Crippen molar-refractivity contribution in [3.63, 3.8) is 0 Å². The predicted molar refractivity (Wildman–Crippen MR) is 45.0 cm³/mol. The molecule has 0 aromatic carbocycles. The maximum absolute atomic E-state index is 4.68. The van der Waals surface area contributed by atoms with E-state index in [1.807, 2.05) is 0 Å². The average molecular weight is 189 g/mol. The van der Waals surface area contributed by atoms with E-state index in [4.69, 9.17) is 0 Å². The second-order valence-corrected chi connectivity index (χ2v) is 3.07. The fourth-order valence-electron chi connectivity index (χ4n) is 0.604. The Kier molecular flexibility index (Phi) is 9.69. The van der Waals surface area contributed by atoms with Crippen molar-refractivity contribution in [1.82, 2.24) is 10.6 Å². The van der Waals surface area contributed by atoms with Gasteiger partial charge in [-0.3, -0.25) is 0 Å². The molecule has 2 N–H and O–H groups in total. The SMILES string of the molecule is C1CNCCN1.ClSCl. The van der Waals surface area contributed by atoms with Gasteiger partial charge in [0, 0.05) is 26.2 Å². The molecule has 0 radical (unpaired) electrons. The average Bonchev–Trinajstić information content (AvgIpc) is 1.93. The Morgan fingerprint density at radius 3 is 1.22 bits per heavy atom. The van der Waals surface area contributed by atoms with Gasteiger partial charge in [0.1, 0.15) is 0 Å². The van der Waals surface area contributed by atoms with Crippen molar-refractivity contribution in [2.75, 3.05) is 26.2 Å². The summed E-state index contributed by atoms with van der Waals surface area (Å²) >= 11 is 0. The van der Waals surface area contributed by atoms with Crippen LogP contribution in [0.15, 0.2) is 0 Å². The fourth-order valence-corrected chi connectivity index (χ4v) is 0.604. The van der Waals surface area contributed by atoms with Gasteiger partial charge in [0.2, 0.25) is 0 Å². The molecule has 0 aromatic rings. The minimum Gasteiger partial charge on any atom is -0.314 e. The normalized spacial score (nSPS) is 18.0. The summed E-state index contributed by atoms with van der Waals surface area (Å²) in [7, 11) is 10.1. The van der Waals surface area contributed by atoms with Crippen LogP contribution < -0.4 is 10.6 Å². The third kappa shape index (κ3) is 8.85. The monoisotopic (exact) mass is 188 g/mol. The van der Waals surface area contributed by atoms with Crippen molar-refractivity contribution >= 4 is 31.6 Å². The minimum atomic E-state index is 0.694. The van der Waals surface area contributed by atoms with Crippen molar-refractivity contribution in [2.45, 2.75) is 0 Å². The molecule has 0 unspecified atom stereocenters. The first kappa shape index (κ1) is 9.85. The highest BCUT2D eigenvalue weighted by Crippen LogP contribution is 2.08. The highest BCUT2D eigenvalue weighted by molar-refractivity contribution is 8.38. The molecule has 0 bridgehead atoms. The molecular weight excluding hydrogens is 179 g/mol. The van der Waals surface area contributed by atoms with Crippen LogP contribution in [0.1, 0.15) is 0 Å². The van der Waals surface area contributed by atoms with E-state index >= 15 is 0 Å². The fraction of sp³-hybridized carbons (Fsp3) is 1.00. The molecule has 1 saturated heterocycles. The Bertz CT molecular complexity index is 40.3. The Morgan fingerprint density at radius 1 is 0.889 bits per heavy atom. The maximum atomic E-state index is 4.68. The number of rotatable bonds is 0. The number of nitrogens with one attached hydrogen (secondary N) is 2. The van der Waals surface area contributed by atoms with Crippen LogP contribution in [0.3, 0.4) is 0 Å². The maximum Gasteiger partial charge on any atom is 0.0523 e. The van der Waals surface area contributed by atoms with Gasteiger partial charge in [0.15, 0.2) is 0 Å². The third-order valence-electron chi connectivity index (χ3n) is 0.957. The Balaban J connectivity index is 0.000000187. The summed E-state index contributed by atoms with van der Waals surface area (Å²) in [6, 6.07) is 0. The van der Waals surface area contributed by atoms with Crippen LogP contribution in [-0.2, 0) is 0 Å². The molecule has 1 aliphatic rings. The van der Waals surface area contributed by atoms with E-state index in [9.17, 15) is 0 Å². The minimum absolute atomic E-state index is 0.694. The Morgan fingerprint density at radius 2 is 1.11 bits per heavy atom. The van der Waals surface area contributed by atoms with Gasteiger partial charge < -0.3 is 10.6 Å². The van der Waals surface area contributed by atoms with Gasteiger partial charge in [-0.25, -0.2) is 0 Å². The number of hydrogen-bond donors (Lipinski definition) is 2. The summed E-state index contributed by atoms with van der Waals surface area (Å²) in [5.41, 5.74) is 0. The molecule has 1 fully saturated rings. The molecule has 0 saturated carbocycles. The summed E-state index contributed by atoms with van der Waals surface area (Å²) < 4.78 is 0. The van der Waals surface area contributed by atoms with Crippen LogP contribution in [0, 0.1) is 0 Å². The molecule has 1 rings (SSSR count). The van der Waals surface area contributed by atoms with Crippen molar-refractivity contribution in [3.05, 3.63) is 0 Å². The van der Waals surface area contributed by atoms with Gasteiger partial charge in [-0.1, -0.05) is 0 Å². The van der Waals surface area contributed by atoms with Gasteiger partial charge in [-0.2, -0.15) is 0 Å². The molecule has 1 aliphatic heterocycles. The largest absolute Gasteiger partial charge is 0.314 e. The predicted octanol–water partition coefficient (Wildman–Crippen LogP) is 1.21. The van der Waals surface area contributed by atoms with E-state index < -0.39 is 0 Å². The Labute approximate surface area is 68.7 Å². The lowest BCUT2D eigenvalue weighted by Gasteiger charge is -2.11. The highest BCUT2D eigenvalue weighted by Gasteiger charge is 1.91. The van der Waals surface area contributed by atoms with Crippen molar-refractivity contribution in [2.24, 2.45) is 0 Å². The Hall–Kier alpha value is 0.850. The van der Waals surface area contributed by atoms with Crippen molar-refractivity contribution in [1.29, 1.82) is 0 Å². The topological polar surface area (TPSA) is 24.1 Å². The second kappa shape index (κ2) is 8.85. The first-order valence-electron chi connectivity index (χ1n) is 2.72. The number of hydrogen-bond acceptors (Lipinski definition) is 3. The van der Waals surface area contributed by atoms with Crippen molar-refractivity contribution < 1.29 is 0 Å². The van der Waals surface area contributed by atoms with Gasteiger partial charge >= 0.3 is 0 Å². The van der Waals surface area contributed by atoms with Crippen LogP contribution in [-0.4, -0.2) is 26.2 Å². The van der Waals surface area contributed by atoms with E-state index in [1.54, 1.807) is 0 Å². The lowest BCUT2D eigenvalue weighted by Crippen LogP contribution is -2.39. The van der Waals surface area contributed by atoms with Crippen LogP contribution in [0.5, 0.6) is 0 Å².